The summed E-state index contributed by atoms with van der Waals surface area (Å²) in [6.45, 7) is 0. The molecule has 0 bridgehead atoms. The van der Waals surface area contributed by atoms with Crippen LogP contribution in [0.15, 0.2) is 23.1 Å². The number of fused-ring (bicyclic) bond motifs is 1. The molecule has 0 unspecified atom stereocenters. The Labute approximate surface area is 105 Å². The fourth-order valence-electron chi connectivity index (χ4n) is 2.25. The van der Waals surface area contributed by atoms with Crippen LogP contribution in [0.1, 0.15) is 25.1 Å². The number of H-pyrrole nitrogens is 1. The molecule has 0 radical (unpaired) electrons. The van der Waals surface area contributed by atoms with Crippen LogP contribution >= 0.6 is 0 Å². The molecule has 3 N–H and O–H groups in total. The third-order valence-electron chi connectivity index (χ3n) is 3.60. The molecule has 0 spiro atoms. The van der Waals surface area contributed by atoms with Crippen molar-refractivity contribution in [1.29, 1.82) is 0 Å². The molecule has 1 saturated carbocycles. The van der Waals surface area contributed by atoms with Gasteiger partial charge in [-0.15, -0.1) is 0 Å². The Hall–Kier alpha value is -1.40. The lowest BCUT2D eigenvalue weighted by molar-refractivity contribution is 0.240. The SMILES string of the molecule is CS(=O)(=O)c1ccc2nc(C3(N)CCC3)[nH]c2c1. The number of rotatable bonds is 2. The van der Waals surface area contributed by atoms with Crippen LogP contribution in [0.3, 0.4) is 0 Å². The third kappa shape index (κ3) is 1.72. The second-order valence-corrected chi connectivity index (χ2v) is 7.06. The molecule has 1 aliphatic carbocycles. The highest BCUT2D eigenvalue weighted by molar-refractivity contribution is 7.90. The molecule has 2 aromatic rings. The zero-order valence-corrected chi connectivity index (χ0v) is 10.9. The van der Waals surface area contributed by atoms with Gasteiger partial charge in [0.15, 0.2) is 9.84 Å². The van der Waals surface area contributed by atoms with E-state index in [2.05, 4.69) is 9.97 Å². The van der Waals surface area contributed by atoms with E-state index in [-0.39, 0.29) is 5.54 Å². The summed E-state index contributed by atoms with van der Waals surface area (Å²) < 4.78 is 23.0. The third-order valence-corrected chi connectivity index (χ3v) is 4.71. The molecule has 18 heavy (non-hydrogen) atoms. The van der Waals surface area contributed by atoms with Gasteiger partial charge in [0.25, 0.3) is 0 Å². The molecule has 1 aromatic heterocycles. The Morgan fingerprint density at radius 1 is 1.39 bits per heavy atom. The fraction of sp³-hybridized carbons (Fsp3) is 0.417. The zero-order valence-electron chi connectivity index (χ0n) is 10.1. The van der Waals surface area contributed by atoms with Crippen LogP contribution in [0.2, 0.25) is 0 Å². The summed E-state index contributed by atoms with van der Waals surface area (Å²) in [6.07, 6.45) is 4.15. The van der Waals surface area contributed by atoms with Crippen molar-refractivity contribution in [3.05, 3.63) is 24.0 Å². The van der Waals surface area contributed by atoms with Crippen LogP contribution in [0.4, 0.5) is 0 Å². The molecule has 1 fully saturated rings. The first-order chi connectivity index (χ1) is 8.38. The van der Waals surface area contributed by atoms with Gasteiger partial charge in [0.2, 0.25) is 0 Å². The lowest BCUT2D eigenvalue weighted by Crippen LogP contribution is -2.44. The van der Waals surface area contributed by atoms with Crippen molar-refractivity contribution in [2.45, 2.75) is 29.7 Å². The zero-order chi connectivity index (χ0) is 13.0. The molecule has 0 saturated heterocycles. The topological polar surface area (TPSA) is 88.8 Å². The molecule has 5 nitrogen and oxygen atoms in total. The van der Waals surface area contributed by atoms with Crippen molar-refractivity contribution in [1.82, 2.24) is 9.97 Å². The van der Waals surface area contributed by atoms with Crippen LogP contribution in [-0.2, 0) is 15.4 Å². The standard InChI is InChI=1S/C12H15N3O2S/c1-18(16,17)8-3-4-9-10(7-8)15-11(14-9)12(13)5-2-6-12/h3-4,7H,2,5-6,13H2,1H3,(H,14,15). The van der Waals surface area contributed by atoms with E-state index < -0.39 is 9.84 Å². The molecular formula is C12H15N3O2S. The molecule has 1 aliphatic rings. The van der Waals surface area contributed by atoms with E-state index in [4.69, 9.17) is 5.73 Å². The number of sulfone groups is 1. The summed E-state index contributed by atoms with van der Waals surface area (Å²) in [6, 6.07) is 4.91. The number of hydrogen-bond acceptors (Lipinski definition) is 4. The lowest BCUT2D eigenvalue weighted by Gasteiger charge is -2.35. The maximum Gasteiger partial charge on any atom is 0.175 e. The average molecular weight is 265 g/mol. The first-order valence-corrected chi connectivity index (χ1v) is 7.77. The highest BCUT2D eigenvalue weighted by Gasteiger charge is 2.37. The Balaban J connectivity index is 2.13. The maximum absolute atomic E-state index is 11.5. The number of nitrogens with two attached hydrogens (primary N) is 1. The van der Waals surface area contributed by atoms with Gasteiger partial charge in [0.1, 0.15) is 5.82 Å². The van der Waals surface area contributed by atoms with Gasteiger partial charge in [-0.05, 0) is 37.5 Å². The number of benzene rings is 1. The van der Waals surface area contributed by atoms with Gasteiger partial charge in [-0.3, -0.25) is 0 Å². The molecule has 1 aromatic carbocycles. The molecule has 0 atom stereocenters. The van der Waals surface area contributed by atoms with Crippen LogP contribution in [0, 0.1) is 0 Å². The van der Waals surface area contributed by atoms with E-state index in [1.807, 2.05) is 0 Å². The first kappa shape index (κ1) is 11.7. The van der Waals surface area contributed by atoms with Gasteiger partial charge >= 0.3 is 0 Å². The van der Waals surface area contributed by atoms with E-state index in [9.17, 15) is 8.42 Å². The van der Waals surface area contributed by atoms with Gasteiger partial charge in [-0.2, -0.15) is 0 Å². The van der Waals surface area contributed by atoms with Crippen molar-refractivity contribution in [3.8, 4) is 0 Å². The number of aromatic nitrogens is 2. The van der Waals surface area contributed by atoms with E-state index >= 15 is 0 Å². The second kappa shape index (κ2) is 3.55. The Bertz CT molecular complexity index is 714. The van der Waals surface area contributed by atoms with Crippen molar-refractivity contribution >= 4 is 20.9 Å². The van der Waals surface area contributed by atoms with Crippen LogP contribution in [0.5, 0.6) is 0 Å². The van der Waals surface area contributed by atoms with Crippen molar-refractivity contribution in [2.24, 2.45) is 5.73 Å². The van der Waals surface area contributed by atoms with Gasteiger partial charge in [-0.25, -0.2) is 13.4 Å². The molecule has 1 heterocycles. The summed E-state index contributed by atoms with van der Waals surface area (Å²) in [5, 5.41) is 0. The number of imidazole rings is 1. The van der Waals surface area contributed by atoms with Gasteiger partial charge in [0.05, 0.1) is 21.5 Å². The molecule has 0 aliphatic heterocycles. The second-order valence-electron chi connectivity index (χ2n) is 5.05. The number of nitrogens with zero attached hydrogens (tertiary/aromatic N) is 1. The highest BCUT2D eigenvalue weighted by atomic mass is 32.2. The van der Waals surface area contributed by atoms with Crippen molar-refractivity contribution in [2.75, 3.05) is 6.26 Å². The van der Waals surface area contributed by atoms with Crippen LogP contribution in [0.25, 0.3) is 11.0 Å². The molecule has 3 rings (SSSR count). The Morgan fingerprint density at radius 2 is 2.11 bits per heavy atom. The number of hydrogen-bond donors (Lipinski definition) is 2. The lowest BCUT2D eigenvalue weighted by atomic mass is 9.77. The quantitative estimate of drug-likeness (QED) is 0.856. The van der Waals surface area contributed by atoms with Gasteiger partial charge in [-0.1, -0.05) is 0 Å². The molecule has 0 amide bonds. The van der Waals surface area contributed by atoms with Gasteiger partial charge in [0, 0.05) is 6.26 Å². The van der Waals surface area contributed by atoms with E-state index in [0.29, 0.717) is 4.90 Å². The minimum atomic E-state index is -3.19. The monoisotopic (exact) mass is 265 g/mol. The van der Waals surface area contributed by atoms with Gasteiger partial charge < -0.3 is 10.7 Å². The van der Waals surface area contributed by atoms with E-state index in [0.717, 1.165) is 36.1 Å². The van der Waals surface area contributed by atoms with Crippen molar-refractivity contribution < 1.29 is 8.42 Å². The van der Waals surface area contributed by atoms with E-state index in [1.54, 1.807) is 18.2 Å². The Morgan fingerprint density at radius 3 is 2.67 bits per heavy atom. The minimum absolute atomic E-state index is 0.296. The fourth-order valence-corrected chi connectivity index (χ4v) is 2.90. The van der Waals surface area contributed by atoms with Crippen molar-refractivity contribution in [3.63, 3.8) is 0 Å². The minimum Gasteiger partial charge on any atom is -0.340 e. The van der Waals surface area contributed by atoms with Crippen LogP contribution in [-0.4, -0.2) is 24.6 Å². The predicted molar refractivity (Wildman–Crippen MR) is 68.9 cm³/mol. The van der Waals surface area contributed by atoms with E-state index in [1.165, 1.54) is 6.26 Å². The normalized spacial score (nSPS) is 18.8. The Kier molecular flexibility index (Phi) is 2.30. The summed E-state index contributed by atoms with van der Waals surface area (Å²) in [5.74, 6) is 0.759. The molecule has 96 valence electrons. The van der Waals surface area contributed by atoms with Crippen LogP contribution < -0.4 is 5.73 Å². The summed E-state index contributed by atoms with van der Waals surface area (Å²) in [4.78, 5) is 7.90. The molecular weight excluding hydrogens is 250 g/mol. The first-order valence-electron chi connectivity index (χ1n) is 5.88. The average Bonchev–Trinajstić information content (AvgIpc) is 2.67. The largest absolute Gasteiger partial charge is 0.340 e. The smallest absolute Gasteiger partial charge is 0.175 e. The highest BCUT2D eigenvalue weighted by Crippen LogP contribution is 2.37. The summed E-state index contributed by atoms with van der Waals surface area (Å²) >= 11 is 0. The summed E-state index contributed by atoms with van der Waals surface area (Å²) in [7, 11) is -3.19. The molecule has 6 heteroatoms. The maximum atomic E-state index is 11.5. The number of aromatic amines is 1. The summed E-state index contributed by atoms with van der Waals surface area (Å²) in [5.41, 5.74) is 7.33. The number of nitrogens with one attached hydrogen (secondary N) is 1. The predicted octanol–water partition coefficient (Wildman–Crippen LogP) is 1.30.